The fraction of sp³-hybridized carbons (Fsp3) is 0.143. The van der Waals surface area contributed by atoms with Gasteiger partial charge in [-0.2, -0.15) is 0 Å². The van der Waals surface area contributed by atoms with Crippen molar-refractivity contribution in [3.05, 3.63) is 37.2 Å². The van der Waals surface area contributed by atoms with E-state index in [4.69, 9.17) is 5.73 Å². The molecular weight excluding hydrogens is 290 g/mol. The van der Waals surface area contributed by atoms with Gasteiger partial charge in [0.1, 0.15) is 5.82 Å². The van der Waals surface area contributed by atoms with Gasteiger partial charge >= 0.3 is 0 Å². The summed E-state index contributed by atoms with van der Waals surface area (Å²) in [7, 11) is 0. The van der Waals surface area contributed by atoms with Crippen LogP contribution in [0.5, 0.6) is 0 Å². The van der Waals surface area contributed by atoms with E-state index < -0.39 is 10.7 Å². The lowest BCUT2D eigenvalue weighted by Gasteiger charge is -2.00. The first-order chi connectivity index (χ1) is 6.06. The van der Waals surface area contributed by atoms with E-state index >= 15 is 0 Å². The van der Waals surface area contributed by atoms with Gasteiger partial charge in [-0.15, -0.1) is 0 Å². The second-order valence-electron chi connectivity index (χ2n) is 2.36. The molecule has 0 heterocycles. The topological polar surface area (TPSA) is 69.2 Å². The number of hydrogen-bond acceptors (Lipinski definition) is 3. The molecule has 0 aliphatic rings. The average molecular weight is 296 g/mol. The van der Waals surface area contributed by atoms with Crippen molar-refractivity contribution < 1.29 is 9.31 Å². The van der Waals surface area contributed by atoms with E-state index in [1.165, 1.54) is 0 Å². The standard InChI is InChI=1S/C7H6FIN2O2/c8-5-2-6(9)7(11(12)13)1-4(5)3-10/h1-2H,3,10H2. The van der Waals surface area contributed by atoms with Gasteiger partial charge in [-0.3, -0.25) is 10.1 Å². The predicted octanol–water partition coefficient (Wildman–Crippen LogP) is 1.80. The highest BCUT2D eigenvalue weighted by Gasteiger charge is 2.15. The Hall–Kier alpha value is -0.760. The molecular formula is C7H6FIN2O2. The van der Waals surface area contributed by atoms with Gasteiger partial charge in [0.2, 0.25) is 0 Å². The third-order valence-electron chi connectivity index (χ3n) is 1.53. The van der Waals surface area contributed by atoms with Gasteiger partial charge < -0.3 is 5.73 Å². The van der Waals surface area contributed by atoms with Crippen LogP contribution in [-0.4, -0.2) is 4.92 Å². The quantitative estimate of drug-likeness (QED) is 0.514. The highest BCUT2D eigenvalue weighted by atomic mass is 127. The molecule has 6 heteroatoms. The fourth-order valence-corrected chi connectivity index (χ4v) is 1.50. The number of rotatable bonds is 2. The van der Waals surface area contributed by atoms with E-state index in [1.54, 1.807) is 22.6 Å². The van der Waals surface area contributed by atoms with Crippen LogP contribution in [0.15, 0.2) is 12.1 Å². The summed E-state index contributed by atoms with van der Waals surface area (Å²) >= 11 is 1.71. The normalized spacial score (nSPS) is 10.1. The molecule has 1 aromatic rings. The lowest BCUT2D eigenvalue weighted by Crippen LogP contribution is -2.02. The van der Waals surface area contributed by atoms with Crippen molar-refractivity contribution in [2.45, 2.75) is 6.54 Å². The summed E-state index contributed by atoms with van der Waals surface area (Å²) in [6.07, 6.45) is 0. The van der Waals surface area contributed by atoms with Crippen LogP contribution in [0.3, 0.4) is 0 Å². The van der Waals surface area contributed by atoms with Crippen molar-refractivity contribution in [1.82, 2.24) is 0 Å². The zero-order chi connectivity index (χ0) is 10.0. The Labute approximate surface area is 87.2 Å². The van der Waals surface area contributed by atoms with E-state index in [1.807, 2.05) is 0 Å². The molecule has 2 N–H and O–H groups in total. The lowest BCUT2D eigenvalue weighted by atomic mass is 10.2. The van der Waals surface area contributed by atoms with Gasteiger partial charge in [-0.05, 0) is 28.7 Å². The average Bonchev–Trinajstić information content (AvgIpc) is 2.03. The van der Waals surface area contributed by atoms with Crippen LogP contribution >= 0.6 is 22.6 Å². The zero-order valence-corrected chi connectivity index (χ0v) is 8.62. The minimum Gasteiger partial charge on any atom is -0.326 e. The zero-order valence-electron chi connectivity index (χ0n) is 6.46. The maximum atomic E-state index is 13.0. The summed E-state index contributed by atoms with van der Waals surface area (Å²) in [6.45, 7) is -0.0381. The van der Waals surface area contributed by atoms with Gasteiger partial charge in [0.25, 0.3) is 5.69 Å². The Morgan fingerprint density at radius 2 is 2.23 bits per heavy atom. The van der Waals surface area contributed by atoms with Crippen LogP contribution in [0.1, 0.15) is 5.56 Å². The Morgan fingerprint density at radius 3 is 2.69 bits per heavy atom. The third-order valence-corrected chi connectivity index (χ3v) is 2.40. The van der Waals surface area contributed by atoms with Gasteiger partial charge in [0.15, 0.2) is 0 Å². The largest absolute Gasteiger partial charge is 0.326 e. The fourth-order valence-electron chi connectivity index (χ4n) is 0.877. The van der Waals surface area contributed by atoms with Crippen LogP contribution in [0.25, 0.3) is 0 Å². The molecule has 1 rings (SSSR count). The first kappa shape index (κ1) is 10.3. The number of nitrogens with zero attached hydrogens (tertiary/aromatic N) is 1. The summed E-state index contributed by atoms with van der Waals surface area (Å²) in [5, 5.41) is 10.4. The molecule has 0 fully saturated rings. The molecule has 0 bridgehead atoms. The number of nitro groups is 1. The first-order valence-electron chi connectivity index (χ1n) is 3.38. The van der Waals surface area contributed by atoms with Crippen molar-refractivity contribution in [1.29, 1.82) is 0 Å². The van der Waals surface area contributed by atoms with Crippen LogP contribution in [-0.2, 0) is 6.54 Å². The molecule has 0 saturated heterocycles. The van der Waals surface area contributed by atoms with Gasteiger partial charge in [0.05, 0.1) is 8.49 Å². The monoisotopic (exact) mass is 296 g/mol. The van der Waals surface area contributed by atoms with E-state index in [0.717, 1.165) is 12.1 Å². The predicted molar refractivity (Wildman–Crippen MR) is 53.7 cm³/mol. The van der Waals surface area contributed by atoms with Crippen LogP contribution < -0.4 is 5.73 Å². The Kier molecular flexibility index (Phi) is 3.15. The van der Waals surface area contributed by atoms with E-state index in [-0.39, 0.29) is 21.4 Å². The maximum Gasteiger partial charge on any atom is 0.283 e. The number of nitrogens with two attached hydrogens (primary N) is 1. The second-order valence-corrected chi connectivity index (χ2v) is 3.52. The molecule has 0 aliphatic carbocycles. The Bertz CT molecular complexity index is 357. The molecule has 1 aromatic carbocycles. The van der Waals surface area contributed by atoms with E-state index in [9.17, 15) is 14.5 Å². The minimum atomic E-state index is -0.555. The van der Waals surface area contributed by atoms with Crippen LogP contribution in [0.2, 0.25) is 0 Å². The summed E-state index contributed by atoms with van der Waals surface area (Å²) in [6, 6.07) is 2.28. The maximum absolute atomic E-state index is 13.0. The molecule has 0 spiro atoms. The molecule has 0 radical (unpaired) electrons. The molecule has 13 heavy (non-hydrogen) atoms. The number of halogens is 2. The van der Waals surface area contributed by atoms with E-state index in [0.29, 0.717) is 0 Å². The second kappa shape index (κ2) is 3.97. The number of hydrogen-bond donors (Lipinski definition) is 1. The van der Waals surface area contributed by atoms with Crippen molar-refractivity contribution in [3.8, 4) is 0 Å². The first-order valence-corrected chi connectivity index (χ1v) is 4.46. The highest BCUT2D eigenvalue weighted by Crippen LogP contribution is 2.24. The molecule has 0 aromatic heterocycles. The molecule has 4 nitrogen and oxygen atoms in total. The van der Waals surface area contributed by atoms with Crippen molar-refractivity contribution in [2.75, 3.05) is 0 Å². The summed E-state index contributed by atoms with van der Waals surface area (Å²) < 4.78 is 13.3. The van der Waals surface area contributed by atoms with Gasteiger partial charge in [-0.25, -0.2) is 4.39 Å². The smallest absolute Gasteiger partial charge is 0.283 e. The SMILES string of the molecule is NCc1cc([N+](=O)[O-])c(I)cc1F. The van der Waals surface area contributed by atoms with Gasteiger partial charge in [-0.1, -0.05) is 0 Å². The third kappa shape index (κ3) is 2.13. The van der Waals surface area contributed by atoms with E-state index in [2.05, 4.69) is 0 Å². The molecule has 0 atom stereocenters. The van der Waals surface area contributed by atoms with Crippen LogP contribution in [0.4, 0.5) is 10.1 Å². The Morgan fingerprint density at radius 1 is 1.62 bits per heavy atom. The molecule has 0 unspecified atom stereocenters. The number of nitro benzene ring substituents is 1. The van der Waals surface area contributed by atoms with Crippen molar-refractivity contribution in [3.63, 3.8) is 0 Å². The summed E-state index contributed by atoms with van der Waals surface area (Å²) in [5.41, 5.74) is 5.26. The van der Waals surface area contributed by atoms with Gasteiger partial charge in [0, 0.05) is 18.2 Å². The van der Waals surface area contributed by atoms with Crippen LogP contribution in [0, 0.1) is 19.5 Å². The minimum absolute atomic E-state index is 0.0381. The summed E-state index contributed by atoms with van der Waals surface area (Å²) in [4.78, 5) is 9.88. The molecule has 0 aliphatic heterocycles. The molecule has 0 saturated carbocycles. The van der Waals surface area contributed by atoms with Crippen molar-refractivity contribution in [2.24, 2.45) is 5.73 Å². The van der Waals surface area contributed by atoms with Crippen molar-refractivity contribution >= 4 is 28.3 Å². The molecule has 70 valence electrons. The summed E-state index contributed by atoms with van der Waals surface area (Å²) in [5.74, 6) is -0.502. The molecule has 0 amide bonds. The Balaban J connectivity index is 3.30. The highest BCUT2D eigenvalue weighted by molar-refractivity contribution is 14.1. The number of benzene rings is 1. The lowest BCUT2D eigenvalue weighted by molar-refractivity contribution is -0.385.